The summed E-state index contributed by atoms with van der Waals surface area (Å²) >= 11 is 0. The Morgan fingerprint density at radius 2 is 2.36 bits per heavy atom. The van der Waals surface area contributed by atoms with Gasteiger partial charge >= 0.3 is 5.97 Å². The van der Waals surface area contributed by atoms with Crippen molar-refractivity contribution >= 4 is 5.97 Å². The zero-order valence-corrected chi connectivity index (χ0v) is 7.88. The van der Waals surface area contributed by atoms with E-state index in [9.17, 15) is 4.79 Å². The minimum absolute atomic E-state index is 0.113. The first kappa shape index (κ1) is 9.09. The van der Waals surface area contributed by atoms with Crippen molar-refractivity contribution in [2.45, 2.75) is 31.9 Å². The van der Waals surface area contributed by atoms with Crippen molar-refractivity contribution in [3.05, 3.63) is 22.6 Å². The smallest absolute Gasteiger partial charge is 0.303 e. The first-order valence-corrected chi connectivity index (χ1v) is 4.59. The molecular weight excluding hydrogens is 182 g/mol. The maximum atomic E-state index is 10.8. The molecule has 0 unspecified atom stereocenters. The van der Waals surface area contributed by atoms with Crippen LogP contribution in [0.1, 0.15) is 19.8 Å². The monoisotopic (exact) mass is 193 g/mol. The molecule has 0 heterocycles. The number of esters is 1. The number of carbonyl (C=O) groups is 1. The minimum Gasteiger partial charge on any atom is -0.458 e. The molecule has 0 radical (unpaired) electrons. The van der Waals surface area contributed by atoms with Gasteiger partial charge in [0.25, 0.3) is 0 Å². The predicted octanol–water partition coefficient (Wildman–Crippen LogP) is 1.95. The van der Waals surface area contributed by atoms with E-state index >= 15 is 0 Å². The lowest BCUT2D eigenvalue weighted by Crippen LogP contribution is -2.28. The minimum atomic E-state index is -0.285. The maximum absolute atomic E-state index is 10.8. The van der Waals surface area contributed by atoms with Crippen molar-refractivity contribution in [1.82, 2.24) is 0 Å². The zero-order valence-electron chi connectivity index (χ0n) is 7.88. The maximum Gasteiger partial charge on any atom is 0.303 e. The number of carbonyl (C=O) groups excluding carboxylic acids is 1. The SMILES string of the molecule is CC(=O)O[C@@H]1C=C[C@H](N=[N+]=[N-])C12CC2. The summed E-state index contributed by atoms with van der Waals surface area (Å²) in [7, 11) is 0. The second-order valence-electron chi connectivity index (χ2n) is 3.80. The number of hydrogen-bond acceptors (Lipinski definition) is 3. The molecule has 0 aliphatic heterocycles. The van der Waals surface area contributed by atoms with E-state index in [-0.39, 0.29) is 23.5 Å². The first-order valence-electron chi connectivity index (χ1n) is 4.59. The Morgan fingerprint density at radius 1 is 1.64 bits per heavy atom. The molecule has 0 N–H and O–H groups in total. The van der Waals surface area contributed by atoms with Gasteiger partial charge < -0.3 is 4.74 Å². The molecule has 2 aliphatic carbocycles. The average molecular weight is 193 g/mol. The Morgan fingerprint density at radius 3 is 2.86 bits per heavy atom. The van der Waals surface area contributed by atoms with Crippen LogP contribution in [0.15, 0.2) is 17.3 Å². The lowest BCUT2D eigenvalue weighted by atomic mass is 9.97. The summed E-state index contributed by atoms with van der Waals surface area (Å²) in [6, 6.07) is -0.142. The van der Waals surface area contributed by atoms with Crippen LogP contribution in [0.3, 0.4) is 0 Å². The van der Waals surface area contributed by atoms with Gasteiger partial charge in [-0.2, -0.15) is 0 Å². The molecule has 1 fully saturated rings. The van der Waals surface area contributed by atoms with E-state index in [0.29, 0.717) is 0 Å². The van der Waals surface area contributed by atoms with Crippen LogP contribution in [-0.2, 0) is 9.53 Å². The van der Waals surface area contributed by atoms with Crippen molar-refractivity contribution in [2.24, 2.45) is 10.5 Å². The highest BCUT2D eigenvalue weighted by atomic mass is 16.5. The Bertz CT molecular complexity index is 340. The predicted molar refractivity (Wildman–Crippen MR) is 49.3 cm³/mol. The van der Waals surface area contributed by atoms with Crippen LogP contribution < -0.4 is 0 Å². The third kappa shape index (κ3) is 1.26. The number of rotatable bonds is 2. The molecule has 1 spiro atoms. The first-order chi connectivity index (χ1) is 6.69. The van der Waals surface area contributed by atoms with Gasteiger partial charge in [0.15, 0.2) is 0 Å². The standard InChI is InChI=1S/C9H11N3O2/c1-6(13)14-8-3-2-7(11-12-10)9(8)4-5-9/h2-3,7-8H,4-5H2,1H3/t7-,8+/m0/s1. The highest BCUT2D eigenvalue weighted by Gasteiger charge is 2.57. The van der Waals surface area contributed by atoms with Crippen LogP contribution in [0.2, 0.25) is 0 Å². The van der Waals surface area contributed by atoms with Crippen LogP contribution in [0.25, 0.3) is 10.4 Å². The summed E-state index contributed by atoms with van der Waals surface area (Å²) < 4.78 is 5.16. The molecule has 2 aliphatic rings. The third-order valence-corrected chi connectivity index (χ3v) is 2.92. The average Bonchev–Trinajstić information content (AvgIpc) is 2.83. The summed E-state index contributed by atoms with van der Waals surface area (Å²) in [4.78, 5) is 13.6. The van der Waals surface area contributed by atoms with E-state index in [1.54, 1.807) is 0 Å². The van der Waals surface area contributed by atoms with Crippen molar-refractivity contribution in [1.29, 1.82) is 0 Å². The Balaban J connectivity index is 2.13. The quantitative estimate of drug-likeness (QED) is 0.221. The molecule has 5 nitrogen and oxygen atoms in total. The largest absolute Gasteiger partial charge is 0.458 e. The van der Waals surface area contributed by atoms with E-state index in [0.717, 1.165) is 12.8 Å². The number of hydrogen-bond donors (Lipinski definition) is 0. The lowest BCUT2D eigenvalue weighted by Gasteiger charge is -2.21. The van der Waals surface area contributed by atoms with Crippen LogP contribution >= 0.6 is 0 Å². The molecule has 0 saturated heterocycles. The van der Waals surface area contributed by atoms with Gasteiger partial charge in [0.05, 0.1) is 6.04 Å². The van der Waals surface area contributed by atoms with Crippen molar-refractivity contribution in [2.75, 3.05) is 0 Å². The summed E-state index contributed by atoms with van der Waals surface area (Å²) in [6.07, 6.45) is 5.38. The molecule has 5 heteroatoms. The molecule has 2 rings (SSSR count). The van der Waals surface area contributed by atoms with E-state index < -0.39 is 0 Å². The fourth-order valence-electron chi connectivity index (χ4n) is 2.03. The zero-order chi connectivity index (χ0) is 10.2. The molecule has 14 heavy (non-hydrogen) atoms. The molecule has 0 amide bonds. The summed E-state index contributed by atoms with van der Waals surface area (Å²) in [5, 5.41) is 3.70. The Kier molecular flexibility index (Phi) is 1.97. The summed E-state index contributed by atoms with van der Waals surface area (Å²) in [5.74, 6) is -0.285. The molecular formula is C9H11N3O2. The second-order valence-corrected chi connectivity index (χ2v) is 3.80. The summed E-state index contributed by atoms with van der Waals surface area (Å²) in [5.41, 5.74) is 8.26. The number of azide groups is 1. The van der Waals surface area contributed by atoms with E-state index in [1.807, 2.05) is 12.2 Å². The van der Waals surface area contributed by atoms with Gasteiger partial charge in [-0.1, -0.05) is 11.2 Å². The van der Waals surface area contributed by atoms with Crippen LogP contribution in [0.5, 0.6) is 0 Å². The molecule has 74 valence electrons. The lowest BCUT2D eigenvalue weighted by molar-refractivity contribution is -0.146. The number of nitrogens with zero attached hydrogens (tertiary/aromatic N) is 3. The van der Waals surface area contributed by atoms with Crippen molar-refractivity contribution < 1.29 is 9.53 Å². The molecule has 0 aromatic heterocycles. The third-order valence-electron chi connectivity index (χ3n) is 2.92. The van der Waals surface area contributed by atoms with Crippen LogP contribution in [0, 0.1) is 5.41 Å². The fraction of sp³-hybridized carbons (Fsp3) is 0.667. The highest BCUT2D eigenvalue weighted by molar-refractivity contribution is 5.66. The van der Waals surface area contributed by atoms with Gasteiger partial charge in [0.2, 0.25) is 0 Å². The van der Waals surface area contributed by atoms with Gasteiger partial charge in [0.1, 0.15) is 6.10 Å². The van der Waals surface area contributed by atoms with Crippen molar-refractivity contribution in [3.8, 4) is 0 Å². The van der Waals surface area contributed by atoms with Crippen LogP contribution in [-0.4, -0.2) is 18.1 Å². The second kappa shape index (κ2) is 3.03. The van der Waals surface area contributed by atoms with E-state index in [1.165, 1.54) is 6.92 Å². The Hall–Kier alpha value is -1.48. The van der Waals surface area contributed by atoms with E-state index in [2.05, 4.69) is 10.0 Å². The fourth-order valence-corrected chi connectivity index (χ4v) is 2.03. The molecule has 0 aromatic carbocycles. The summed E-state index contributed by atoms with van der Waals surface area (Å²) in [6.45, 7) is 1.39. The van der Waals surface area contributed by atoms with Gasteiger partial charge in [-0.05, 0) is 24.4 Å². The normalized spacial score (nSPS) is 31.2. The molecule has 2 atom stereocenters. The van der Waals surface area contributed by atoms with Gasteiger partial charge in [-0.3, -0.25) is 4.79 Å². The molecule has 0 aromatic rings. The number of ether oxygens (including phenoxy) is 1. The topological polar surface area (TPSA) is 75.1 Å². The highest BCUT2D eigenvalue weighted by Crippen LogP contribution is 2.57. The van der Waals surface area contributed by atoms with E-state index in [4.69, 9.17) is 10.3 Å². The van der Waals surface area contributed by atoms with Gasteiger partial charge in [-0.25, -0.2) is 0 Å². The van der Waals surface area contributed by atoms with Crippen molar-refractivity contribution in [3.63, 3.8) is 0 Å². The Labute approximate surface area is 81.4 Å². The van der Waals surface area contributed by atoms with Gasteiger partial charge in [-0.15, -0.1) is 0 Å². The molecule has 0 bridgehead atoms. The van der Waals surface area contributed by atoms with Gasteiger partial charge in [0, 0.05) is 17.3 Å². The molecule has 1 saturated carbocycles. The van der Waals surface area contributed by atoms with Crippen LogP contribution in [0.4, 0.5) is 0 Å².